The fourth-order valence-electron chi connectivity index (χ4n) is 4.40. The van der Waals surface area contributed by atoms with Gasteiger partial charge in [-0.25, -0.2) is 4.68 Å². The number of fused-ring (bicyclic) bond motifs is 1. The molecule has 0 spiro atoms. The molecule has 1 aromatic heterocycles. The highest BCUT2D eigenvalue weighted by Crippen LogP contribution is 2.45. The van der Waals surface area contributed by atoms with Crippen molar-refractivity contribution < 1.29 is 14.6 Å². The van der Waals surface area contributed by atoms with Crippen molar-refractivity contribution in [2.75, 3.05) is 11.9 Å². The molecular formula is C23H21ClN4O3. The highest BCUT2D eigenvalue weighted by molar-refractivity contribution is 6.30. The minimum absolute atomic E-state index is 0.0601. The van der Waals surface area contributed by atoms with E-state index in [9.17, 15) is 9.90 Å². The first-order chi connectivity index (χ1) is 15.0. The molecule has 7 nitrogen and oxygen atoms in total. The average Bonchev–Trinajstić information content (AvgIpc) is 3.22. The van der Waals surface area contributed by atoms with Gasteiger partial charge in [0.1, 0.15) is 12.4 Å². The van der Waals surface area contributed by atoms with Gasteiger partial charge in [-0.1, -0.05) is 29.8 Å². The Bertz CT molecular complexity index is 1190. The minimum Gasteiger partial charge on any atom is -0.504 e. The Morgan fingerprint density at radius 3 is 2.74 bits per heavy atom. The van der Waals surface area contributed by atoms with Crippen molar-refractivity contribution in [1.29, 1.82) is 0 Å². The zero-order chi connectivity index (χ0) is 21.5. The van der Waals surface area contributed by atoms with E-state index in [1.54, 1.807) is 22.9 Å². The number of carbonyl (C=O) groups excluding carboxylic acids is 1. The molecule has 2 aliphatic rings. The average molecular weight is 437 g/mol. The Balaban J connectivity index is 1.58. The van der Waals surface area contributed by atoms with Crippen molar-refractivity contribution >= 4 is 23.3 Å². The lowest BCUT2D eigenvalue weighted by atomic mass is 9.78. The lowest BCUT2D eigenvalue weighted by Gasteiger charge is -2.35. The van der Waals surface area contributed by atoms with Gasteiger partial charge in [-0.15, -0.1) is 0 Å². The number of rotatable bonds is 4. The minimum atomic E-state index is -0.438. The van der Waals surface area contributed by atoms with Crippen molar-refractivity contribution in [3.63, 3.8) is 0 Å². The summed E-state index contributed by atoms with van der Waals surface area (Å²) >= 11 is 6.03. The number of anilines is 1. The fraction of sp³-hybridized carbons (Fsp3) is 0.261. The molecule has 5 rings (SSSR count). The number of ether oxygens (including phenoxy) is 1. The van der Waals surface area contributed by atoms with Crippen LogP contribution in [0.3, 0.4) is 0 Å². The SMILES string of the molecule is CCOc1cc([C@@H]2C3=C(C[C@@H](c4ccc(Cl)cc4)CC3=O)Nc3ncnn32)ccc1O. The molecule has 0 amide bonds. The number of ketones is 1. The van der Waals surface area contributed by atoms with Gasteiger partial charge in [0.15, 0.2) is 17.3 Å². The van der Waals surface area contributed by atoms with Crippen molar-refractivity contribution in [3.8, 4) is 11.5 Å². The summed E-state index contributed by atoms with van der Waals surface area (Å²) < 4.78 is 7.27. The van der Waals surface area contributed by atoms with Gasteiger partial charge in [-0.05, 0) is 54.7 Å². The van der Waals surface area contributed by atoms with E-state index in [-0.39, 0.29) is 17.5 Å². The lowest BCUT2D eigenvalue weighted by Crippen LogP contribution is -2.33. The number of hydrogen-bond donors (Lipinski definition) is 2. The van der Waals surface area contributed by atoms with Gasteiger partial charge in [0, 0.05) is 22.7 Å². The summed E-state index contributed by atoms with van der Waals surface area (Å²) in [7, 11) is 0. The van der Waals surface area contributed by atoms with Crippen LogP contribution < -0.4 is 10.1 Å². The number of nitrogens with zero attached hydrogens (tertiary/aromatic N) is 3. The number of hydrogen-bond acceptors (Lipinski definition) is 6. The Morgan fingerprint density at radius 2 is 1.97 bits per heavy atom. The molecule has 2 atom stereocenters. The van der Waals surface area contributed by atoms with E-state index in [0.29, 0.717) is 41.7 Å². The maximum Gasteiger partial charge on any atom is 0.226 e. The maximum absolute atomic E-state index is 13.4. The number of aromatic nitrogens is 3. The predicted molar refractivity (Wildman–Crippen MR) is 117 cm³/mol. The van der Waals surface area contributed by atoms with Crippen LogP contribution in [-0.4, -0.2) is 32.3 Å². The van der Waals surface area contributed by atoms with Crippen LogP contribution in [0.2, 0.25) is 5.02 Å². The zero-order valence-electron chi connectivity index (χ0n) is 16.9. The van der Waals surface area contributed by atoms with E-state index in [1.807, 2.05) is 31.2 Å². The van der Waals surface area contributed by atoms with Crippen molar-refractivity contribution in [2.24, 2.45) is 0 Å². The van der Waals surface area contributed by atoms with Crippen molar-refractivity contribution in [2.45, 2.75) is 31.7 Å². The quantitative estimate of drug-likeness (QED) is 0.628. The van der Waals surface area contributed by atoms with Crippen molar-refractivity contribution in [3.05, 3.63) is 76.2 Å². The number of aromatic hydroxyl groups is 1. The van der Waals surface area contributed by atoms with E-state index in [2.05, 4.69) is 15.4 Å². The molecule has 2 aromatic carbocycles. The highest BCUT2D eigenvalue weighted by Gasteiger charge is 2.39. The molecule has 3 aromatic rings. The van der Waals surface area contributed by atoms with Gasteiger partial charge >= 0.3 is 0 Å². The summed E-state index contributed by atoms with van der Waals surface area (Å²) in [6.45, 7) is 2.28. The van der Waals surface area contributed by atoms with Gasteiger partial charge in [-0.2, -0.15) is 10.1 Å². The first-order valence-corrected chi connectivity index (χ1v) is 10.6. The van der Waals surface area contributed by atoms with Crippen LogP contribution in [0.4, 0.5) is 5.95 Å². The lowest BCUT2D eigenvalue weighted by molar-refractivity contribution is -0.116. The van der Waals surface area contributed by atoms with Crippen molar-refractivity contribution in [1.82, 2.24) is 14.8 Å². The smallest absolute Gasteiger partial charge is 0.226 e. The Kier molecular flexibility index (Phi) is 4.90. The highest BCUT2D eigenvalue weighted by atomic mass is 35.5. The van der Waals surface area contributed by atoms with E-state index in [0.717, 1.165) is 16.8 Å². The second-order valence-corrected chi connectivity index (χ2v) is 8.12. The second-order valence-electron chi connectivity index (χ2n) is 7.69. The van der Waals surface area contributed by atoms with Crippen LogP contribution in [0.15, 0.2) is 60.1 Å². The topological polar surface area (TPSA) is 89.3 Å². The third-order valence-corrected chi connectivity index (χ3v) is 6.05. The van der Waals surface area contributed by atoms with E-state index in [1.165, 1.54) is 6.33 Å². The van der Waals surface area contributed by atoms with Crippen LogP contribution in [0.1, 0.15) is 42.9 Å². The number of allylic oxidation sites excluding steroid dienone is 2. The van der Waals surface area contributed by atoms with Gasteiger partial charge < -0.3 is 15.2 Å². The third-order valence-electron chi connectivity index (χ3n) is 5.80. The summed E-state index contributed by atoms with van der Waals surface area (Å²) in [6, 6.07) is 12.4. The molecule has 31 heavy (non-hydrogen) atoms. The van der Waals surface area contributed by atoms with Gasteiger partial charge in [0.25, 0.3) is 0 Å². The number of nitrogens with one attached hydrogen (secondary N) is 1. The summed E-state index contributed by atoms with van der Waals surface area (Å²) in [6.07, 6.45) is 2.56. The van der Waals surface area contributed by atoms with Crippen LogP contribution in [0, 0.1) is 0 Å². The summed E-state index contributed by atoms with van der Waals surface area (Å²) in [5.74, 6) is 1.14. The molecule has 0 unspecified atom stereocenters. The van der Waals surface area contributed by atoms with Crippen LogP contribution in [0.25, 0.3) is 0 Å². The molecule has 8 heteroatoms. The third kappa shape index (κ3) is 3.45. The molecule has 0 radical (unpaired) electrons. The van der Waals surface area contributed by atoms with Gasteiger partial charge in [0.05, 0.1) is 6.61 Å². The van der Waals surface area contributed by atoms with E-state index < -0.39 is 6.04 Å². The van der Waals surface area contributed by atoms with Gasteiger partial charge in [-0.3, -0.25) is 4.79 Å². The normalized spacial score (nSPS) is 20.1. The maximum atomic E-state index is 13.4. The molecule has 2 N–H and O–H groups in total. The molecule has 0 fully saturated rings. The number of phenols is 1. The largest absolute Gasteiger partial charge is 0.504 e. The molecule has 2 heterocycles. The van der Waals surface area contributed by atoms with Crippen LogP contribution in [-0.2, 0) is 4.79 Å². The fourth-order valence-corrected chi connectivity index (χ4v) is 4.53. The molecule has 0 saturated carbocycles. The summed E-state index contributed by atoms with van der Waals surface area (Å²) in [4.78, 5) is 17.7. The zero-order valence-corrected chi connectivity index (χ0v) is 17.6. The number of carbonyl (C=O) groups is 1. The number of benzene rings is 2. The Labute approximate surface area is 184 Å². The molecule has 1 aliphatic heterocycles. The Hall–Kier alpha value is -3.32. The number of Topliss-reactive ketones (excluding diaryl/α,β-unsaturated/α-hetero) is 1. The molecule has 1 aliphatic carbocycles. The molecule has 0 saturated heterocycles. The van der Waals surface area contributed by atoms with E-state index >= 15 is 0 Å². The first kappa shape index (κ1) is 19.6. The number of phenolic OH excluding ortho intramolecular Hbond substituents is 1. The molecule has 158 valence electrons. The van der Waals surface area contributed by atoms with Crippen LogP contribution >= 0.6 is 11.6 Å². The van der Waals surface area contributed by atoms with Crippen LogP contribution in [0.5, 0.6) is 11.5 Å². The summed E-state index contributed by atoms with van der Waals surface area (Å²) in [5, 5.41) is 18.5. The Morgan fingerprint density at radius 1 is 1.19 bits per heavy atom. The van der Waals surface area contributed by atoms with Gasteiger partial charge in [0.2, 0.25) is 5.95 Å². The number of halogens is 1. The van der Waals surface area contributed by atoms with E-state index in [4.69, 9.17) is 16.3 Å². The first-order valence-electron chi connectivity index (χ1n) is 10.2. The molecule has 0 bridgehead atoms. The standard InChI is InChI=1S/C23H21ClN4O3/c1-2-31-20-11-14(5-8-18(20)29)22-21-17(27-23-25-12-26-28(22)23)9-15(10-19(21)30)13-3-6-16(24)7-4-13/h3-8,11-12,15,22,29H,2,9-10H2,1H3,(H,25,26,27)/t15-,22-/m1/s1. The summed E-state index contributed by atoms with van der Waals surface area (Å²) in [5.41, 5.74) is 3.42. The molecular weight excluding hydrogens is 416 g/mol. The predicted octanol–water partition coefficient (Wildman–Crippen LogP) is 4.45. The second kappa shape index (κ2) is 7.74. The monoisotopic (exact) mass is 436 g/mol.